The van der Waals surface area contributed by atoms with Crippen molar-refractivity contribution in [1.29, 1.82) is 0 Å². The van der Waals surface area contributed by atoms with Gasteiger partial charge in [-0.2, -0.15) is 0 Å². The van der Waals surface area contributed by atoms with Gasteiger partial charge in [-0.15, -0.1) is 0 Å². The molecule has 2 aromatic rings. The Balaban J connectivity index is 1.72. The third-order valence-corrected chi connectivity index (χ3v) is 3.42. The van der Waals surface area contributed by atoms with Crippen LogP contribution in [0.25, 0.3) is 10.5 Å². The number of benzene rings is 2. The summed E-state index contributed by atoms with van der Waals surface area (Å²) in [6, 6.07) is 15.5. The number of ether oxygens (including phenoxy) is 1. The van der Waals surface area contributed by atoms with Crippen molar-refractivity contribution in [2.75, 3.05) is 18.7 Å². The maximum atomic E-state index is 6.98. The van der Waals surface area contributed by atoms with E-state index >= 15 is 0 Å². The van der Waals surface area contributed by atoms with Gasteiger partial charge in [-0.1, -0.05) is 24.3 Å². The zero-order chi connectivity index (χ0) is 14.7. The molecule has 21 heavy (non-hydrogen) atoms. The molecule has 104 valence electrons. The van der Waals surface area contributed by atoms with Crippen LogP contribution in [-0.2, 0) is 0 Å². The van der Waals surface area contributed by atoms with Gasteiger partial charge < -0.3 is 4.74 Å². The number of hydrogen-bond acceptors (Lipinski definition) is 3. The van der Waals surface area contributed by atoms with Crippen LogP contribution >= 0.6 is 0 Å². The first-order valence-corrected chi connectivity index (χ1v) is 6.66. The molecule has 0 atom stereocenters. The molecule has 1 N–H and O–H groups in total. The number of hydrogen-bond donors (Lipinski definition) is 1. The Morgan fingerprint density at radius 1 is 1.10 bits per heavy atom. The fourth-order valence-electron chi connectivity index (χ4n) is 2.25. The van der Waals surface area contributed by atoms with Crippen LogP contribution in [0.3, 0.4) is 0 Å². The molecule has 0 saturated heterocycles. The van der Waals surface area contributed by atoms with Crippen LogP contribution in [0, 0.1) is 6.57 Å². The maximum absolute atomic E-state index is 6.98. The molecule has 3 rings (SSSR count). The van der Waals surface area contributed by atoms with Crippen molar-refractivity contribution in [2.24, 2.45) is 0 Å². The summed E-state index contributed by atoms with van der Waals surface area (Å²) in [4.78, 5) is 3.40. The summed E-state index contributed by atoms with van der Waals surface area (Å²) in [5, 5.41) is 2.07. The van der Waals surface area contributed by atoms with E-state index in [4.69, 9.17) is 11.3 Å². The largest absolute Gasteiger partial charge is 0.497 e. The van der Waals surface area contributed by atoms with Crippen molar-refractivity contribution in [2.45, 2.75) is 0 Å². The van der Waals surface area contributed by atoms with Gasteiger partial charge in [0.1, 0.15) is 5.75 Å². The Kier molecular flexibility index (Phi) is 3.48. The highest BCUT2D eigenvalue weighted by molar-refractivity contribution is 5.71. The number of hydrazine groups is 1. The Morgan fingerprint density at radius 3 is 2.43 bits per heavy atom. The normalized spacial score (nSPS) is 13.3. The van der Waals surface area contributed by atoms with Crippen molar-refractivity contribution < 1.29 is 4.74 Å². The van der Waals surface area contributed by atoms with Crippen molar-refractivity contribution in [3.63, 3.8) is 0 Å². The van der Waals surface area contributed by atoms with Crippen molar-refractivity contribution >= 4 is 17.1 Å². The smallest absolute Gasteiger partial charge is 0.187 e. The van der Waals surface area contributed by atoms with E-state index in [2.05, 4.69) is 21.4 Å². The molecule has 0 saturated carbocycles. The van der Waals surface area contributed by atoms with Gasteiger partial charge in [-0.05, 0) is 35.9 Å². The lowest BCUT2D eigenvalue weighted by Gasteiger charge is -2.20. The van der Waals surface area contributed by atoms with Gasteiger partial charge in [-0.25, -0.2) is 4.85 Å². The average Bonchev–Trinajstić information content (AvgIpc) is 3.05. The lowest BCUT2D eigenvalue weighted by Crippen LogP contribution is -2.31. The van der Waals surface area contributed by atoms with E-state index in [0.29, 0.717) is 5.69 Å². The molecule has 0 spiro atoms. The number of anilines is 1. The van der Waals surface area contributed by atoms with E-state index in [-0.39, 0.29) is 0 Å². The maximum Gasteiger partial charge on any atom is 0.187 e. The van der Waals surface area contributed by atoms with Gasteiger partial charge in [0.15, 0.2) is 5.69 Å². The van der Waals surface area contributed by atoms with E-state index in [1.54, 1.807) is 7.11 Å². The first-order valence-electron chi connectivity index (χ1n) is 6.66. The minimum absolute atomic E-state index is 0.657. The fourth-order valence-corrected chi connectivity index (χ4v) is 2.25. The SMILES string of the molecule is [C-]#[N+]c1ccc(C2=CCN(c3ccc(OC)cc3)N2)cc1. The molecule has 0 bridgehead atoms. The lowest BCUT2D eigenvalue weighted by molar-refractivity contribution is 0.415. The molecule has 1 aliphatic heterocycles. The molecule has 4 nitrogen and oxygen atoms in total. The molecule has 0 amide bonds. The number of nitrogens with one attached hydrogen (secondary N) is 1. The molecule has 1 aliphatic rings. The molecule has 0 radical (unpaired) electrons. The average molecular weight is 277 g/mol. The molecule has 0 unspecified atom stereocenters. The molecular formula is C17H15N3O. The quantitative estimate of drug-likeness (QED) is 0.869. The van der Waals surface area contributed by atoms with Crippen LogP contribution in [0.15, 0.2) is 54.6 Å². The van der Waals surface area contributed by atoms with Crippen molar-refractivity contribution in [3.05, 3.63) is 71.6 Å². The first-order chi connectivity index (χ1) is 10.3. The fraction of sp³-hybridized carbons (Fsp3) is 0.118. The van der Waals surface area contributed by atoms with E-state index in [1.807, 2.05) is 48.5 Å². The third kappa shape index (κ3) is 2.67. The Morgan fingerprint density at radius 2 is 1.81 bits per heavy atom. The van der Waals surface area contributed by atoms with Crippen LogP contribution < -0.4 is 15.2 Å². The second-order valence-electron chi connectivity index (χ2n) is 4.70. The third-order valence-electron chi connectivity index (χ3n) is 3.42. The minimum atomic E-state index is 0.657. The second-order valence-corrected chi connectivity index (χ2v) is 4.70. The topological polar surface area (TPSA) is 28.9 Å². The van der Waals surface area contributed by atoms with Crippen molar-refractivity contribution in [1.82, 2.24) is 5.43 Å². The van der Waals surface area contributed by atoms with Crippen LogP contribution in [0.4, 0.5) is 11.4 Å². The first kappa shape index (κ1) is 13.1. The summed E-state index contributed by atoms with van der Waals surface area (Å²) in [5.74, 6) is 0.848. The zero-order valence-corrected chi connectivity index (χ0v) is 11.7. The summed E-state index contributed by atoms with van der Waals surface area (Å²) >= 11 is 0. The second kappa shape index (κ2) is 5.59. The number of methoxy groups -OCH3 is 1. The Bertz CT molecular complexity index is 696. The highest BCUT2D eigenvalue weighted by Gasteiger charge is 2.15. The summed E-state index contributed by atoms with van der Waals surface area (Å²) in [7, 11) is 1.66. The molecule has 4 heteroatoms. The van der Waals surface area contributed by atoms with Gasteiger partial charge in [0.05, 0.1) is 31.6 Å². The van der Waals surface area contributed by atoms with Gasteiger partial charge >= 0.3 is 0 Å². The summed E-state index contributed by atoms with van der Waals surface area (Å²) in [5.41, 5.74) is 7.25. The zero-order valence-electron chi connectivity index (χ0n) is 11.7. The summed E-state index contributed by atoms with van der Waals surface area (Å²) in [6.07, 6.45) is 2.14. The molecular weight excluding hydrogens is 262 g/mol. The Hall–Kier alpha value is -2.93. The Labute approximate surface area is 124 Å². The standard InChI is InChI=1S/C17H15N3O/c1-18-14-5-3-13(4-6-14)17-11-12-20(19-17)15-7-9-16(21-2)10-8-15/h3-11,19H,12H2,2H3. The van der Waals surface area contributed by atoms with E-state index in [1.165, 1.54) is 0 Å². The van der Waals surface area contributed by atoms with Gasteiger partial charge in [0.2, 0.25) is 0 Å². The monoisotopic (exact) mass is 277 g/mol. The molecule has 0 fully saturated rings. The van der Waals surface area contributed by atoms with Gasteiger partial charge in [0.25, 0.3) is 0 Å². The van der Waals surface area contributed by atoms with Crippen LogP contribution in [-0.4, -0.2) is 13.7 Å². The molecule has 1 heterocycles. The van der Waals surface area contributed by atoms with Crippen LogP contribution in [0.2, 0.25) is 0 Å². The molecule has 2 aromatic carbocycles. The summed E-state index contributed by atoms with van der Waals surface area (Å²) in [6.45, 7) is 7.78. The van der Waals surface area contributed by atoms with Crippen LogP contribution in [0.5, 0.6) is 5.75 Å². The molecule has 0 aliphatic carbocycles. The number of rotatable bonds is 3. The summed E-state index contributed by atoms with van der Waals surface area (Å²) < 4.78 is 5.17. The lowest BCUT2D eigenvalue weighted by atomic mass is 10.1. The van der Waals surface area contributed by atoms with E-state index in [0.717, 1.165) is 29.2 Å². The predicted octanol–water partition coefficient (Wildman–Crippen LogP) is 3.61. The highest BCUT2D eigenvalue weighted by atomic mass is 16.5. The van der Waals surface area contributed by atoms with Gasteiger partial charge in [-0.3, -0.25) is 10.4 Å². The van der Waals surface area contributed by atoms with Gasteiger partial charge in [0, 0.05) is 0 Å². The van der Waals surface area contributed by atoms with Crippen LogP contribution in [0.1, 0.15) is 5.56 Å². The van der Waals surface area contributed by atoms with Crippen molar-refractivity contribution in [3.8, 4) is 5.75 Å². The number of nitrogens with zero attached hydrogens (tertiary/aromatic N) is 2. The highest BCUT2D eigenvalue weighted by Crippen LogP contribution is 2.24. The molecule has 0 aromatic heterocycles. The van der Waals surface area contributed by atoms with E-state index in [9.17, 15) is 0 Å². The van der Waals surface area contributed by atoms with E-state index < -0.39 is 0 Å². The minimum Gasteiger partial charge on any atom is -0.497 e. The predicted molar refractivity (Wildman–Crippen MR) is 84.2 cm³/mol.